The number of para-hydroxylation sites is 2. The minimum Gasteiger partial charge on any atom is -0.344 e. The van der Waals surface area contributed by atoms with Crippen LogP contribution in [0.1, 0.15) is 36.6 Å². The molecule has 0 N–H and O–H groups in total. The van der Waals surface area contributed by atoms with E-state index >= 15 is 0 Å². The van der Waals surface area contributed by atoms with Gasteiger partial charge in [0.2, 0.25) is 0 Å². The summed E-state index contributed by atoms with van der Waals surface area (Å²) in [6.45, 7) is 5.51. The van der Waals surface area contributed by atoms with Crippen molar-refractivity contribution in [1.29, 1.82) is 0 Å². The fraction of sp³-hybridized carbons (Fsp3) is 0.192. The van der Waals surface area contributed by atoms with Crippen molar-refractivity contribution in [3.8, 4) is 0 Å². The van der Waals surface area contributed by atoms with Crippen LogP contribution in [-0.2, 0) is 6.54 Å². The summed E-state index contributed by atoms with van der Waals surface area (Å²) in [4.78, 5) is 5.11. The van der Waals surface area contributed by atoms with Gasteiger partial charge in [-0.2, -0.15) is 0 Å². The van der Waals surface area contributed by atoms with Crippen molar-refractivity contribution >= 4 is 22.3 Å². The van der Waals surface area contributed by atoms with Crippen molar-refractivity contribution in [1.82, 2.24) is 4.57 Å². The average molecular weight is 367 g/mol. The van der Waals surface area contributed by atoms with E-state index in [1.165, 1.54) is 35.0 Å². The molecule has 28 heavy (non-hydrogen) atoms. The molecule has 0 aliphatic heterocycles. The van der Waals surface area contributed by atoms with Crippen LogP contribution in [0.4, 0.5) is 5.69 Å². The maximum atomic E-state index is 5.11. The molecule has 4 rings (SSSR count). The average Bonchev–Trinajstić information content (AvgIpc) is 3.03. The highest BCUT2D eigenvalue weighted by Crippen LogP contribution is 2.30. The van der Waals surface area contributed by atoms with Gasteiger partial charge in [-0.1, -0.05) is 80.1 Å². The molecule has 0 saturated heterocycles. The molecular weight excluding hydrogens is 340 g/mol. The molecular formula is C26H26N2. The predicted molar refractivity (Wildman–Crippen MR) is 120 cm³/mol. The van der Waals surface area contributed by atoms with Crippen molar-refractivity contribution < 1.29 is 0 Å². The van der Waals surface area contributed by atoms with Crippen LogP contribution < -0.4 is 0 Å². The Morgan fingerprint density at radius 2 is 1.46 bits per heavy atom. The molecule has 0 amide bonds. The lowest BCUT2D eigenvalue weighted by atomic mass is 9.99. The number of benzene rings is 3. The quantitative estimate of drug-likeness (QED) is 0.330. The van der Waals surface area contributed by atoms with E-state index in [1.54, 1.807) is 0 Å². The van der Waals surface area contributed by atoms with Crippen LogP contribution >= 0.6 is 0 Å². The fourth-order valence-electron chi connectivity index (χ4n) is 3.83. The van der Waals surface area contributed by atoms with Crippen LogP contribution in [-0.4, -0.2) is 10.3 Å². The van der Waals surface area contributed by atoms with E-state index in [1.807, 2.05) is 18.2 Å². The van der Waals surface area contributed by atoms with Gasteiger partial charge in [0, 0.05) is 34.3 Å². The molecule has 0 spiro atoms. The number of aliphatic imine (C=N–C) groups is 1. The van der Waals surface area contributed by atoms with Gasteiger partial charge in [0.05, 0.1) is 11.4 Å². The van der Waals surface area contributed by atoms with Gasteiger partial charge in [-0.25, -0.2) is 4.99 Å². The highest BCUT2D eigenvalue weighted by molar-refractivity contribution is 6.21. The summed E-state index contributed by atoms with van der Waals surface area (Å²) in [6.07, 6.45) is 2.36. The number of rotatable bonds is 6. The lowest BCUT2D eigenvalue weighted by Gasteiger charge is -2.10. The number of aryl methyl sites for hydroxylation is 1. The fourth-order valence-corrected chi connectivity index (χ4v) is 3.83. The first kappa shape index (κ1) is 18.2. The molecule has 0 bridgehead atoms. The minimum absolute atomic E-state index is 0.978. The van der Waals surface area contributed by atoms with E-state index in [9.17, 15) is 0 Å². The number of hydrogen-bond acceptors (Lipinski definition) is 1. The highest BCUT2D eigenvalue weighted by atomic mass is 15.0. The van der Waals surface area contributed by atoms with Gasteiger partial charge in [-0.05, 0) is 31.5 Å². The third kappa shape index (κ3) is 3.50. The van der Waals surface area contributed by atoms with Crippen molar-refractivity contribution in [2.75, 3.05) is 0 Å². The second-order valence-corrected chi connectivity index (χ2v) is 7.14. The van der Waals surface area contributed by atoms with Crippen LogP contribution in [0.15, 0.2) is 89.9 Å². The van der Waals surface area contributed by atoms with Gasteiger partial charge in [-0.3, -0.25) is 0 Å². The first-order chi connectivity index (χ1) is 13.8. The van der Waals surface area contributed by atoms with Crippen LogP contribution in [0.25, 0.3) is 10.9 Å². The van der Waals surface area contributed by atoms with Crippen molar-refractivity contribution in [3.05, 3.63) is 102 Å². The molecule has 0 radical (unpaired) electrons. The van der Waals surface area contributed by atoms with Gasteiger partial charge in [0.15, 0.2) is 0 Å². The van der Waals surface area contributed by atoms with Gasteiger partial charge in [-0.15, -0.1) is 0 Å². The topological polar surface area (TPSA) is 17.3 Å². The molecule has 0 aliphatic carbocycles. The van der Waals surface area contributed by atoms with E-state index in [0.717, 1.165) is 23.5 Å². The SMILES string of the molecule is CCCCn1c(C)c(C(=Nc2ccccc2)c2ccccc2)c2ccccc21. The monoisotopic (exact) mass is 366 g/mol. The standard InChI is InChI=1S/C26H26N2/c1-3-4-19-28-20(2)25(23-17-11-12-18-24(23)28)26(21-13-7-5-8-14-21)27-22-15-9-6-10-16-22/h5-18H,3-4,19H2,1-2H3. The molecule has 0 unspecified atom stereocenters. The molecule has 2 heteroatoms. The molecule has 2 nitrogen and oxygen atoms in total. The molecule has 0 saturated carbocycles. The van der Waals surface area contributed by atoms with Crippen LogP contribution in [0, 0.1) is 6.92 Å². The molecule has 4 aromatic rings. The number of nitrogens with zero attached hydrogens (tertiary/aromatic N) is 2. The molecule has 0 aliphatic rings. The Balaban J connectivity index is 1.98. The Morgan fingerprint density at radius 3 is 2.18 bits per heavy atom. The summed E-state index contributed by atoms with van der Waals surface area (Å²) in [6, 6.07) is 29.5. The third-order valence-electron chi connectivity index (χ3n) is 5.25. The molecule has 1 aromatic heterocycles. The van der Waals surface area contributed by atoms with E-state index in [0.29, 0.717) is 0 Å². The summed E-state index contributed by atoms with van der Waals surface area (Å²) in [5.74, 6) is 0. The molecule has 1 heterocycles. The lowest BCUT2D eigenvalue weighted by Crippen LogP contribution is -2.07. The predicted octanol–water partition coefficient (Wildman–Crippen LogP) is 6.92. The summed E-state index contributed by atoms with van der Waals surface area (Å²) < 4.78 is 2.46. The number of unbranched alkanes of at least 4 members (excludes halogenated alkanes) is 1. The molecule has 0 fully saturated rings. The molecule has 3 aromatic carbocycles. The zero-order valence-electron chi connectivity index (χ0n) is 16.6. The Hall–Kier alpha value is -3.13. The van der Waals surface area contributed by atoms with Crippen molar-refractivity contribution in [2.45, 2.75) is 33.2 Å². The van der Waals surface area contributed by atoms with Crippen molar-refractivity contribution in [2.24, 2.45) is 4.99 Å². The zero-order chi connectivity index (χ0) is 19.3. The summed E-state index contributed by atoms with van der Waals surface area (Å²) in [7, 11) is 0. The number of aromatic nitrogens is 1. The second kappa shape index (κ2) is 8.26. The first-order valence-corrected chi connectivity index (χ1v) is 10.1. The lowest BCUT2D eigenvalue weighted by molar-refractivity contribution is 0.637. The Bertz CT molecular complexity index is 1090. The van der Waals surface area contributed by atoms with Crippen molar-refractivity contribution in [3.63, 3.8) is 0 Å². The minimum atomic E-state index is 0.978. The number of hydrogen-bond donors (Lipinski definition) is 0. The van der Waals surface area contributed by atoms with E-state index in [-0.39, 0.29) is 0 Å². The Labute approximate surface area is 167 Å². The van der Waals surface area contributed by atoms with Gasteiger partial charge in [0.1, 0.15) is 0 Å². The maximum Gasteiger partial charge on any atom is 0.0805 e. The van der Waals surface area contributed by atoms with Gasteiger partial charge < -0.3 is 4.57 Å². The third-order valence-corrected chi connectivity index (χ3v) is 5.25. The number of fused-ring (bicyclic) bond motifs is 1. The van der Waals surface area contributed by atoms with Gasteiger partial charge >= 0.3 is 0 Å². The summed E-state index contributed by atoms with van der Waals surface area (Å²) >= 11 is 0. The molecule has 0 atom stereocenters. The molecule has 140 valence electrons. The smallest absolute Gasteiger partial charge is 0.0805 e. The highest BCUT2D eigenvalue weighted by Gasteiger charge is 2.19. The second-order valence-electron chi connectivity index (χ2n) is 7.14. The normalized spacial score (nSPS) is 11.9. The first-order valence-electron chi connectivity index (χ1n) is 10.1. The Morgan fingerprint density at radius 1 is 0.821 bits per heavy atom. The van der Waals surface area contributed by atoms with E-state index in [4.69, 9.17) is 4.99 Å². The summed E-state index contributed by atoms with van der Waals surface area (Å²) in [5, 5.41) is 1.27. The van der Waals surface area contributed by atoms with Crippen LogP contribution in [0.2, 0.25) is 0 Å². The maximum absolute atomic E-state index is 5.11. The van der Waals surface area contributed by atoms with E-state index < -0.39 is 0 Å². The van der Waals surface area contributed by atoms with Crippen LogP contribution in [0.3, 0.4) is 0 Å². The van der Waals surface area contributed by atoms with Gasteiger partial charge in [0.25, 0.3) is 0 Å². The van der Waals surface area contributed by atoms with E-state index in [2.05, 4.69) is 85.1 Å². The van der Waals surface area contributed by atoms with Crippen LogP contribution in [0.5, 0.6) is 0 Å². The summed E-state index contributed by atoms with van der Waals surface area (Å²) in [5.41, 5.74) is 6.98. The largest absolute Gasteiger partial charge is 0.344 e. The Kier molecular flexibility index (Phi) is 5.38. The zero-order valence-corrected chi connectivity index (χ0v) is 16.6.